The van der Waals surface area contributed by atoms with Crippen molar-refractivity contribution in [2.45, 2.75) is 25.3 Å². The fourth-order valence-corrected chi connectivity index (χ4v) is 4.15. The molecule has 1 saturated heterocycles. The molecule has 0 N–H and O–H groups in total. The van der Waals surface area contributed by atoms with Gasteiger partial charge in [-0.05, 0) is 37.5 Å². The average molecular weight is 402 g/mol. The quantitative estimate of drug-likeness (QED) is 0.523. The van der Waals surface area contributed by atoms with Crippen molar-refractivity contribution in [2.75, 3.05) is 31.1 Å². The number of benzene rings is 1. The number of aromatic nitrogens is 4. The lowest BCUT2D eigenvalue weighted by Crippen LogP contribution is -2.35. The van der Waals surface area contributed by atoms with Gasteiger partial charge in [0, 0.05) is 38.4 Å². The molecular weight excluding hydrogens is 380 g/mol. The monoisotopic (exact) mass is 402 g/mol. The maximum absolute atomic E-state index is 13.1. The summed E-state index contributed by atoms with van der Waals surface area (Å²) in [4.78, 5) is 30.7. The van der Waals surface area contributed by atoms with Crippen LogP contribution in [0.2, 0.25) is 0 Å². The fourth-order valence-electron chi connectivity index (χ4n) is 4.15. The highest BCUT2D eigenvalue weighted by molar-refractivity contribution is 5.96. The summed E-state index contributed by atoms with van der Waals surface area (Å²) in [5.74, 6) is 0.00443. The molecule has 1 amide bonds. The van der Waals surface area contributed by atoms with Crippen molar-refractivity contribution in [3.05, 3.63) is 48.4 Å². The first-order valence-electron chi connectivity index (χ1n) is 10.5. The molecule has 8 nitrogen and oxygen atoms in total. The Morgan fingerprint density at radius 3 is 2.80 bits per heavy atom. The van der Waals surface area contributed by atoms with E-state index < -0.39 is 0 Å². The van der Waals surface area contributed by atoms with Crippen molar-refractivity contribution < 1.29 is 9.21 Å². The maximum Gasteiger partial charge on any atom is 0.298 e. The van der Waals surface area contributed by atoms with Gasteiger partial charge in [-0.1, -0.05) is 12.1 Å². The van der Waals surface area contributed by atoms with E-state index in [-0.39, 0.29) is 5.91 Å². The number of para-hydroxylation sites is 2. The highest BCUT2D eigenvalue weighted by atomic mass is 16.4. The molecule has 0 radical (unpaired) electrons. The van der Waals surface area contributed by atoms with E-state index in [9.17, 15) is 4.79 Å². The van der Waals surface area contributed by atoms with E-state index in [0.29, 0.717) is 37.3 Å². The number of hydrogen-bond donors (Lipinski definition) is 0. The molecule has 8 heteroatoms. The van der Waals surface area contributed by atoms with Crippen molar-refractivity contribution in [2.24, 2.45) is 0 Å². The smallest absolute Gasteiger partial charge is 0.298 e. The number of rotatable bonds is 3. The third kappa shape index (κ3) is 2.99. The molecule has 1 aromatic carbocycles. The number of amides is 1. The van der Waals surface area contributed by atoms with E-state index in [1.54, 1.807) is 6.20 Å². The molecule has 0 bridgehead atoms. The Morgan fingerprint density at radius 2 is 1.93 bits per heavy atom. The van der Waals surface area contributed by atoms with Gasteiger partial charge in [0.1, 0.15) is 11.0 Å². The van der Waals surface area contributed by atoms with Gasteiger partial charge in [0.05, 0.1) is 11.9 Å². The van der Waals surface area contributed by atoms with E-state index in [4.69, 9.17) is 4.42 Å². The number of anilines is 1. The number of pyridine rings is 1. The Kier molecular flexibility index (Phi) is 3.97. The normalized spacial score (nSPS) is 17.6. The maximum atomic E-state index is 13.1. The van der Waals surface area contributed by atoms with Gasteiger partial charge in [0.15, 0.2) is 11.2 Å². The molecule has 6 rings (SSSR count). The van der Waals surface area contributed by atoms with Crippen molar-refractivity contribution in [1.82, 2.24) is 24.4 Å². The molecule has 30 heavy (non-hydrogen) atoms. The van der Waals surface area contributed by atoms with E-state index in [1.807, 2.05) is 41.6 Å². The van der Waals surface area contributed by atoms with Gasteiger partial charge in [-0.2, -0.15) is 4.98 Å². The molecule has 4 aromatic rings. The largest absolute Gasteiger partial charge is 0.423 e. The number of imidazole rings is 1. The zero-order valence-corrected chi connectivity index (χ0v) is 16.6. The molecule has 1 saturated carbocycles. The lowest BCUT2D eigenvalue weighted by Gasteiger charge is -2.21. The van der Waals surface area contributed by atoms with Crippen LogP contribution in [0.25, 0.3) is 22.3 Å². The van der Waals surface area contributed by atoms with Gasteiger partial charge >= 0.3 is 0 Å². The molecular formula is C22H22N6O2. The average Bonchev–Trinajstić information content (AvgIpc) is 3.46. The summed E-state index contributed by atoms with van der Waals surface area (Å²) in [7, 11) is 0. The number of carbonyl (C=O) groups is 1. The predicted molar refractivity (Wildman–Crippen MR) is 113 cm³/mol. The van der Waals surface area contributed by atoms with Crippen LogP contribution in [0.5, 0.6) is 0 Å². The minimum Gasteiger partial charge on any atom is -0.423 e. The molecule has 2 aliphatic rings. The highest BCUT2D eigenvalue weighted by Gasteiger charge is 2.27. The topological polar surface area (TPSA) is 80.3 Å². The van der Waals surface area contributed by atoms with Crippen LogP contribution in [0, 0.1) is 0 Å². The van der Waals surface area contributed by atoms with Gasteiger partial charge in [-0.15, -0.1) is 0 Å². The van der Waals surface area contributed by atoms with Crippen LogP contribution in [0.3, 0.4) is 0 Å². The molecule has 2 fully saturated rings. The van der Waals surface area contributed by atoms with E-state index in [1.165, 1.54) is 12.8 Å². The zero-order chi connectivity index (χ0) is 20.1. The third-order valence-electron chi connectivity index (χ3n) is 5.94. The van der Waals surface area contributed by atoms with Crippen LogP contribution >= 0.6 is 0 Å². The van der Waals surface area contributed by atoms with Gasteiger partial charge in [-0.25, -0.2) is 9.97 Å². The van der Waals surface area contributed by atoms with Gasteiger partial charge in [0.25, 0.3) is 11.9 Å². The second-order valence-corrected chi connectivity index (χ2v) is 8.05. The van der Waals surface area contributed by atoms with Crippen molar-refractivity contribution in [3.63, 3.8) is 0 Å². The summed E-state index contributed by atoms with van der Waals surface area (Å²) in [6.07, 6.45) is 6.75. The standard InChI is InChI=1S/C22H22N6O2/c29-21(15-12-18-20(23-13-15)28(14-24-18)16-6-7-16)26-8-3-9-27(11-10-26)22-25-17-4-1-2-5-19(17)30-22/h1-2,4-5,12-14,16H,3,6-11H2. The number of fused-ring (bicyclic) bond motifs is 2. The minimum absolute atomic E-state index is 0.00443. The zero-order valence-electron chi connectivity index (χ0n) is 16.6. The molecule has 152 valence electrons. The summed E-state index contributed by atoms with van der Waals surface area (Å²) >= 11 is 0. The van der Waals surface area contributed by atoms with Crippen LogP contribution in [-0.2, 0) is 0 Å². The van der Waals surface area contributed by atoms with E-state index >= 15 is 0 Å². The van der Waals surface area contributed by atoms with Crippen LogP contribution in [0.15, 0.2) is 47.3 Å². The summed E-state index contributed by atoms with van der Waals surface area (Å²) in [6, 6.07) is 10.8. The third-order valence-corrected chi connectivity index (χ3v) is 5.94. The Morgan fingerprint density at radius 1 is 1.03 bits per heavy atom. The predicted octanol–water partition coefficient (Wildman–Crippen LogP) is 3.26. The van der Waals surface area contributed by atoms with E-state index in [2.05, 4.69) is 24.4 Å². The van der Waals surface area contributed by atoms with Crippen molar-refractivity contribution in [1.29, 1.82) is 0 Å². The molecule has 0 spiro atoms. The first kappa shape index (κ1) is 17.4. The molecule has 3 aromatic heterocycles. The van der Waals surface area contributed by atoms with Gasteiger partial charge < -0.3 is 18.8 Å². The summed E-state index contributed by atoms with van der Waals surface area (Å²) in [5.41, 5.74) is 3.89. The summed E-state index contributed by atoms with van der Waals surface area (Å²) < 4.78 is 8.03. The number of hydrogen-bond acceptors (Lipinski definition) is 6. The van der Waals surface area contributed by atoms with Gasteiger partial charge in [-0.3, -0.25) is 4.79 Å². The van der Waals surface area contributed by atoms with Crippen molar-refractivity contribution in [3.8, 4) is 0 Å². The Balaban J connectivity index is 1.19. The lowest BCUT2D eigenvalue weighted by atomic mass is 10.2. The van der Waals surface area contributed by atoms with Gasteiger partial charge in [0.2, 0.25) is 0 Å². The van der Waals surface area contributed by atoms with Crippen LogP contribution in [-0.4, -0.2) is 56.5 Å². The lowest BCUT2D eigenvalue weighted by molar-refractivity contribution is 0.0766. The second-order valence-electron chi connectivity index (χ2n) is 8.05. The number of oxazole rings is 1. The highest BCUT2D eigenvalue weighted by Crippen LogP contribution is 2.36. The Hall–Kier alpha value is -3.42. The molecule has 1 aliphatic heterocycles. The number of nitrogens with zero attached hydrogens (tertiary/aromatic N) is 6. The summed E-state index contributed by atoms with van der Waals surface area (Å²) in [5, 5.41) is 0. The SMILES string of the molecule is O=C(c1cnc2c(c1)ncn2C1CC1)N1CCCN(c2nc3ccccc3o2)CC1. The van der Waals surface area contributed by atoms with Crippen LogP contribution < -0.4 is 4.90 Å². The van der Waals surface area contributed by atoms with Crippen LogP contribution in [0.1, 0.15) is 35.7 Å². The van der Waals surface area contributed by atoms with Crippen LogP contribution in [0.4, 0.5) is 6.01 Å². The second kappa shape index (κ2) is 6.83. The molecule has 0 atom stereocenters. The minimum atomic E-state index is 0.00443. The Labute approximate surface area is 173 Å². The fraction of sp³-hybridized carbons (Fsp3) is 0.364. The molecule has 4 heterocycles. The molecule has 0 unspecified atom stereocenters. The van der Waals surface area contributed by atoms with E-state index in [0.717, 1.165) is 35.2 Å². The molecule has 1 aliphatic carbocycles. The number of carbonyl (C=O) groups excluding carboxylic acids is 1. The summed E-state index contributed by atoms with van der Waals surface area (Å²) in [6.45, 7) is 2.81. The first-order valence-corrected chi connectivity index (χ1v) is 10.5. The first-order chi connectivity index (χ1) is 14.8. The van der Waals surface area contributed by atoms with Crippen molar-refractivity contribution >= 4 is 34.2 Å². The Bertz CT molecular complexity index is 1210.